The Bertz CT molecular complexity index is 517. The molecule has 1 aromatic carbocycles. The molecular formula is C16H20N2O. The zero-order valence-electron chi connectivity index (χ0n) is 11.5. The smallest absolute Gasteiger partial charge is 0.267 e. The van der Waals surface area contributed by atoms with Gasteiger partial charge in [0.15, 0.2) is 0 Å². The number of rotatable bonds is 3. The molecule has 3 nitrogen and oxygen atoms in total. The summed E-state index contributed by atoms with van der Waals surface area (Å²) in [7, 11) is 0. The lowest BCUT2D eigenvalue weighted by atomic mass is 9.96. The molecule has 1 aliphatic rings. The van der Waals surface area contributed by atoms with Crippen LogP contribution < -0.4 is 5.43 Å². The molecule has 0 aliphatic heterocycles. The molecule has 1 amide bonds. The second-order valence-corrected chi connectivity index (χ2v) is 5.08. The van der Waals surface area contributed by atoms with Crippen molar-refractivity contribution < 1.29 is 4.79 Å². The van der Waals surface area contributed by atoms with Gasteiger partial charge in [-0.15, -0.1) is 0 Å². The van der Waals surface area contributed by atoms with Crippen molar-refractivity contribution >= 4 is 12.1 Å². The van der Waals surface area contributed by atoms with Gasteiger partial charge in [-0.25, -0.2) is 5.43 Å². The normalized spacial score (nSPS) is 18.7. The van der Waals surface area contributed by atoms with E-state index >= 15 is 0 Å². The van der Waals surface area contributed by atoms with Gasteiger partial charge in [-0.3, -0.25) is 4.79 Å². The Balaban J connectivity index is 1.93. The zero-order valence-corrected chi connectivity index (χ0v) is 11.5. The molecule has 1 aliphatic carbocycles. The number of nitrogens with zero attached hydrogens (tertiary/aromatic N) is 1. The first kappa shape index (κ1) is 13.5. The van der Waals surface area contributed by atoms with Gasteiger partial charge in [0.1, 0.15) is 0 Å². The molecule has 0 radical (unpaired) electrons. The fraction of sp³-hybridized carbons (Fsp3) is 0.375. The van der Waals surface area contributed by atoms with Crippen LogP contribution in [0, 0.1) is 19.8 Å². The van der Waals surface area contributed by atoms with Gasteiger partial charge < -0.3 is 0 Å². The Kier molecular flexibility index (Phi) is 4.50. The molecule has 0 spiro atoms. The van der Waals surface area contributed by atoms with Crippen molar-refractivity contribution in [3.8, 4) is 0 Å². The Labute approximate surface area is 114 Å². The van der Waals surface area contributed by atoms with Crippen molar-refractivity contribution in [3.05, 3.63) is 47.0 Å². The third-order valence-electron chi connectivity index (χ3n) is 3.39. The van der Waals surface area contributed by atoms with Gasteiger partial charge in [0.25, 0.3) is 5.91 Å². The lowest BCUT2D eigenvalue weighted by Gasteiger charge is -2.12. The highest BCUT2D eigenvalue weighted by Crippen LogP contribution is 2.15. The second-order valence-electron chi connectivity index (χ2n) is 5.08. The summed E-state index contributed by atoms with van der Waals surface area (Å²) in [6.07, 6.45) is 9.44. The van der Waals surface area contributed by atoms with E-state index in [2.05, 4.69) is 22.7 Å². The van der Waals surface area contributed by atoms with E-state index in [9.17, 15) is 4.79 Å². The molecule has 100 valence electrons. The number of nitrogens with one attached hydrogen (secondary N) is 1. The first-order valence-corrected chi connectivity index (χ1v) is 6.72. The Morgan fingerprint density at radius 1 is 1.37 bits per heavy atom. The summed E-state index contributed by atoms with van der Waals surface area (Å²) in [5.74, 6) is 0.310. The molecule has 1 aromatic rings. The minimum absolute atomic E-state index is 0.139. The maximum Gasteiger partial charge on any atom is 0.271 e. The number of carbonyl (C=O) groups excluding carboxylic acids is 1. The van der Waals surface area contributed by atoms with Gasteiger partial charge in [0.05, 0.1) is 0 Å². The Hall–Kier alpha value is -1.90. The SMILES string of the molecule is Cc1ccc(C(=O)N/N=C\[C@H]2CC=CCC2)c(C)c1. The van der Waals surface area contributed by atoms with Gasteiger partial charge in [0.2, 0.25) is 0 Å². The number of hydrogen-bond donors (Lipinski definition) is 1. The van der Waals surface area contributed by atoms with E-state index in [1.54, 1.807) is 0 Å². The van der Waals surface area contributed by atoms with Crippen molar-refractivity contribution in [3.63, 3.8) is 0 Å². The quantitative estimate of drug-likeness (QED) is 0.503. The van der Waals surface area contributed by atoms with E-state index in [0.29, 0.717) is 11.5 Å². The van der Waals surface area contributed by atoms with E-state index in [4.69, 9.17) is 0 Å². The summed E-state index contributed by atoms with van der Waals surface area (Å²) in [6, 6.07) is 5.79. The number of hydrogen-bond acceptors (Lipinski definition) is 2. The molecule has 19 heavy (non-hydrogen) atoms. The summed E-state index contributed by atoms with van der Waals surface area (Å²) < 4.78 is 0. The third kappa shape index (κ3) is 3.78. The van der Waals surface area contributed by atoms with Crippen LogP contribution in [0.3, 0.4) is 0 Å². The highest BCUT2D eigenvalue weighted by molar-refractivity contribution is 5.95. The summed E-state index contributed by atoms with van der Waals surface area (Å²) >= 11 is 0. The van der Waals surface area contributed by atoms with Crippen LogP contribution >= 0.6 is 0 Å². The molecular weight excluding hydrogens is 236 g/mol. The van der Waals surface area contributed by atoms with Crippen molar-refractivity contribution in [1.29, 1.82) is 0 Å². The summed E-state index contributed by atoms with van der Waals surface area (Å²) in [5.41, 5.74) is 5.44. The van der Waals surface area contributed by atoms with Crippen LogP contribution in [-0.4, -0.2) is 12.1 Å². The van der Waals surface area contributed by atoms with Gasteiger partial charge in [-0.05, 0) is 50.7 Å². The molecule has 0 saturated carbocycles. The fourth-order valence-electron chi connectivity index (χ4n) is 2.28. The lowest BCUT2D eigenvalue weighted by molar-refractivity contribution is 0.0954. The molecule has 0 unspecified atom stereocenters. The number of benzene rings is 1. The largest absolute Gasteiger partial charge is 0.271 e. The second kappa shape index (κ2) is 6.32. The van der Waals surface area contributed by atoms with Crippen LogP contribution in [0.1, 0.15) is 40.7 Å². The van der Waals surface area contributed by atoms with Crippen molar-refractivity contribution in [1.82, 2.24) is 5.43 Å². The van der Waals surface area contributed by atoms with Crippen LogP contribution in [0.25, 0.3) is 0 Å². The predicted octanol–water partition coefficient (Wildman–Crippen LogP) is 3.38. The first-order valence-electron chi connectivity index (χ1n) is 6.72. The average molecular weight is 256 g/mol. The van der Waals surface area contributed by atoms with Gasteiger partial charge in [-0.1, -0.05) is 29.8 Å². The standard InChI is InChI=1S/C16H20N2O/c1-12-8-9-15(13(2)10-12)16(19)18-17-11-14-6-4-3-5-7-14/h3-4,8-11,14H,5-7H2,1-2H3,(H,18,19)/b17-11-/t14-/m0/s1. The topological polar surface area (TPSA) is 41.5 Å². The Morgan fingerprint density at radius 2 is 2.21 bits per heavy atom. The van der Waals surface area contributed by atoms with Crippen molar-refractivity contribution in [2.75, 3.05) is 0 Å². The molecule has 0 heterocycles. The number of carbonyl (C=O) groups is 1. The van der Waals surface area contributed by atoms with E-state index in [-0.39, 0.29) is 5.91 Å². The molecule has 3 heteroatoms. The maximum absolute atomic E-state index is 12.0. The van der Waals surface area contributed by atoms with Gasteiger partial charge in [0, 0.05) is 11.8 Å². The van der Waals surface area contributed by atoms with Crippen LogP contribution in [-0.2, 0) is 0 Å². The summed E-state index contributed by atoms with van der Waals surface area (Å²) in [4.78, 5) is 12.0. The van der Waals surface area contributed by atoms with Crippen molar-refractivity contribution in [2.24, 2.45) is 11.0 Å². The Morgan fingerprint density at radius 3 is 2.89 bits per heavy atom. The molecule has 0 bridgehead atoms. The van der Waals surface area contributed by atoms with Crippen LogP contribution in [0.4, 0.5) is 0 Å². The third-order valence-corrected chi connectivity index (χ3v) is 3.39. The van der Waals surface area contributed by atoms with Crippen LogP contribution in [0.5, 0.6) is 0 Å². The highest BCUT2D eigenvalue weighted by atomic mass is 16.2. The highest BCUT2D eigenvalue weighted by Gasteiger charge is 2.09. The van der Waals surface area contributed by atoms with Crippen molar-refractivity contribution in [2.45, 2.75) is 33.1 Å². The van der Waals surface area contributed by atoms with E-state index < -0.39 is 0 Å². The molecule has 0 fully saturated rings. The van der Waals surface area contributed by atoms with E-state index in [0.717, 1.165) is 30.4 Å². The monoisotopic (exact) mass is 256 g/mol. The molecule has 2 rings (SSSR count). The van der Waals surface area contributed by atoms with Gasteiger partial charge in [-0.2, -0.15) is 5.10 Å². The zero-order chi connectivity index (χ0) is 13.7. The molecule has 1 N–H and O–H groups in total. The van der Waals surface area contributed by atoms with Crippen LogP contribution in [0.2, 0.25) is 0 Å². The fourth-order valence-corrected chi connectivity index (χ4v) is 2.28. The van der Waals surface area contributed by atoms with Crippen LogP contribution in [0.15, 0.2) is 35.5 Å². The minimum atomic E-state index is -0.139. The predicted molar refractivity (Wildman–Crippen MR) is 78.4 cm³/mol. The minimum Gasteiger partial charge on any atom is -0.267 e. The van der Waals surface area contributed by atoms with E-state index in [1.165, 1.54) is 0 Å². The van der Waals surface area contributed by atoms with E-state index in [1.807, 2.05) is 38.3 Å². The maximum atomic E-state index is 12.0. The number of aryl methyl sites for hydroxylation is 2. The number of amides is 1. The number of allylic oxidation sites excluding steroid dienone is 2. The lowest BCUT2D eigenvalue weighted by Crippen LogP contribution is -2.19. The van der Waals surface area contributed by atoms with Gasteiger partial charge >= 0.3 is 0 Å². The number of hydrazone groups is 1. The molecule has 0 saturated heterocycles. The molecule has 0 aromatic heterocycles. The summed E-state index contributed by atoms with van der Waals surface area (Å²) in [6.45, 7) is 3.96. The average Bonchev–Trinajstić information content (AvgIpc) is 2.39. The summed E-state index contributed by atoms with van der Waals surface area (Å²) in [5, 5.41) is 4.08. The molecule has 1 atom stereocenters. The first-order chi connectivity index (χ1) is 9.16.